The number of amides is 1. The zero-order valence-corrected chi connectivity index (χ0v) is 19.4. The van der Waals surface area contributed by atoms with Crippen LogP contribution >= 0.6 is 11.8 Å². The summed E-state index contributed by atoms with van der Waals surface area (Å²) in [6.45, 7) is 5.91. The van der Waals surface area contributed by atoms with E-state index in [0.29, 0.717) is 54.4 Å². The van der Waals surface area contributed by atoms with Crippen molar-refractivity contribution in [2.45, 2.75) is 32.1 Å². The van der Waals surface area contributed by atoms with Crippen molar-refractivity contribution in [3.8, 4) is 17.3 Å². The normalized spacial score (nSPS) is 10.9. The molecule has 0 bridgehead atoms. The van der Waals surface area contributed by atoms with Gasteiger partial charge in [0.15, 0.2) is 11.0 Å². The Morgan fingerprint density at radius 3 is 2.64 bits per heavy atom. The molecule has 33 heavy (non-hydrogen) atoms. The minimum atomic E-state index is -0.493. The Hall–Kier alpha value is -3.45. The standard InChI is InChI=1S/C20H25N7O5S/c1-4-25-12-16(19(24-25)32-5-2)18-22-23-20(26(18)10-11-31-3)33-13-17(28)21-14-6-8-15(9-7-14)27(29)30/h6-9,12H,4-5,10-11,13H2,1-3H3,(H,21,28). The van der Waals surface area contributed by atoms with Gasteiger partial charge in [0.05, 0.1) is 30.4 Å². The van der Waals surface area contributed by atoms with Gasteiger partial charge < -0.3 is 14.8 Å². The number of methoxy groups -OCH3 is 1. The molecule has 176 valence electrons. The van der Waals surface area contributed by atoms with Gasteiger partial charge >= 0.3 is 0 Å². The predicted octanol–water partition coefficient (Wildman–Crippen LogP) is 2.85. The lowest BCUT2D eigenvalue weighted by atomic mass is 10.3. The molecule has 0 aliphatic rings. The van der Waals surface area contributed by atoms with E-state index >= 15 is 0 Å². The van der Waals surface area contributed by atoms with E-state index in [1.807, 2.05) is 24.6 Å². The van der Waals surface area contributed by atoms with E-state index < -0.39 is 4.92 Å². The van der Waals surface area contributed by atoms with E-state index in [2.05, 4.69) is 20.6 Å². The van der Waals surface area contributed by atoms with Gasteiger partial charge in [-0.05, 0) is 26.0 Å². The van der Waals surface area contributed by atoms with Gasteiger partial charge in [-0.15, -0.1) is 15.3 Å². The number of anilines is 1. The molecule has 0 radical (unpaired) electrons. The maximum Gasteiger partial charge on any atom is 0.269 e. The molecule has 13 heteroatoms. The first-order valence-corrected chi connectivity index (χ1v) is 11.2. The number of nitro groups is 1. The maximum absolute atomic E-state index is 12.4. The van der Waals surface area contributed by atoms with Crippen molar-refractivity contribution in [2.24, 2.45) is 0 Å². The fraction of sp³-hybridized carbons (Fsp3) is 0.400. The van der Waals surface area contributed by atoms with Crippen LogP contribution in [0.3, 0.4) is 0 Å². The molecule has 1 amide bonds. The minimum Gasteiger partial charge on any atom is -0.476 e. The molecule has 2 aromatic heterocycles. The van der Waals surface area contributed by atoms with Crippen molar-refractivity contribution in [1.29, 1.82) is 0 Å². The first kappa shape index (κ1) is 24.2. The highest BCUT2D eigenvalue weighted by Crippen LogP contribution is 2.30. The number of carbonyl (C=O) groups excluding carboxylic acids is 1. The number of nitrogens with zero attached hydrogens (tertiary/aromatic N) is 6. The highest BCUT2D eigenvalue weighted by molar-refractivity contribution is 7.99. The van der Waals surface area contributed by atoms with Crippen LogP contribution in [-0.4, -0.2) is 61.5 Å². The van der Waals surface area contributed by atoms with Crippen LogP contribution in [0.15, 0.2) is 35.6 Å². The zero-order chi connectivity index (χ0) is 23.8. The molecule has 0 spiro atoms. The molecule has 0 saturated carbocycles. The summed E-state index contributed by atoms with van der Waals surface area (Å²) in [5, 5.41) is 27.0. The molecule has 0 atom stereocenters. The topological polar surface area (TPSA) is 139 Å². The predicted molar refractivity (Wildman–Crippen MR) is 122 cm³/mol. The number of nitro benzene ring substituents is 1. The van der Waals surface area contributed by atoms with Crippen LogP contribution in [0.25, 0.3) is 11.4 Å². The number of nitrogens with one attached hydrogen (secondary N) is 1. The van der Waals surface area contributed by atoms with Gasteiger partial charge in [-0.25, -0.2) is 0 Å². The summed E-state index contributed by atoms with van der Waals surface area (Å²) < 4.78 is 14.5. The van der Waals surface area contributed by atoms with Crippen molar-refractivity contribution in [1.82, 2.24) is 24.5 Å². The number of hydrogen-bond acceptors (Lipinski definition) is 9. The highest BCUT2D eigenvalue weighted by atomic mass is 32.2. The lowest BCUT2D eigenvalue weighted by molar-refractivity contribution is -0.384. The summed E-state index contributed by atoms with van der Waals surface area (Å²) in [7, 11) is 1.61. The lowest BCUT2D eigenvalue weighted by Gasteiger charge is -2.10. The third-order valence-corrected chi connectivity index (χ3v) is 5.47. The van der Waals surface area contributed by atoms with Gasteiger partial charge in [0.2, 0.25) is 11.8 Å². The van der Waals surface area contributed by atoms with Gasteiger partial charge in [-0.3, -0.25) is 24.2 Å². The van der Waals surface area contributed by atoms with Gasteiger partial charge in [0.1, 0.15) is 5.56 Å². The number of hydrogen-bond donors (Lipinski definition) is 1. The fourth-order valence-electron chi connectivity index (χ4n) is 2.93. The van der Waals surface area contributed by atoms with Crippen molar-refractivity contribution >= 4 is 29.0 Å². The fourth-order valence-corrected chi connectivity index (χ4v) is 3.70. The van der Waals surface area contributed by atoms with E-state index in [0.717, 1.165) is 0 Å². The molecule has 0 aliphatic carbocycles. The van der Waals surface area contributed by atoms with E-state index in [1.54, 1.807) is 11.8 Å². The van der Waals surface area contributed by atoms with E-state index in [4.69, 9.17) is 9.47 Å². The second-order valence-corrected chi connectivity index (χ2v) is 7.67. The van der Waals surface area contributed by atoms with Crippen LogP contribution in [0.5, 0.6) is 5.88 Å². The SMILES string of the molecule is CCOc1nn(CC)cc1-c1nnc(SCC(=O)Nc2ccc([N+](=O)[O-])cc2)n1CCOC. The van der Waals surface area contributed by atoms with Crippen molar-refractivity contribution in [3.63, 3.8) is 0 Å². The highest BCUT2D eigenvalue weighted by Gasteiger charge is 2.21. The number of rotatable bonds is 12. The smallest absolute Gasteiger partial charge is 0.269 e. The van der Waals surface area contributed by atoms with Crippen LogP contribution in [0.2, 0.25) is 0 Å². The summed E-state index contributed by atoms with van der Waals surface area (Å²) in [6.07, 6.45) is 1.86. The Balaban J connectivity index is 1.75. The zero-order valence-electron chi connectivity index (χ0n) is 18.6. The Morgan fingerprint density at radius 2 is 2.00 bits per heavy atom. The molecule has 0 aliphatic heterocycles. The Morgan fingerprint density at radius 1 is 1.24 bits per heavy atom. The quantitative estimate of drug-likeness (QED) is 0.238. The molecule has 1 N–H and O–H groups in total. The van der Waals surface area contributed by atoms with Gasteiger partial charge in [-0.1, -0.05) is 11.8 Å². The molecule has 3 aromatic rings. The lowest BCUT2D eigenvalue weighted by Crippen LogP contribution is -2.15. The van der Waals surface area contributed by atoms with Crippen LogP contribution in [-0.2, 0) is 22.6 Å². The average Bonchev–Trinajstić information content (AvgIpc) is 3.40. The molecule has 0 unspecified atom stereocenters. The number of carbonyl (C=O) groups is 1. The molecule has 0 saturated heterocycles. The van der Waals surface area contributed by atoms with E-state index in [1.165, 1.54) is 36.0 Å². The summed E-state index contributed by atoms with van der Waals surface area (Å²) in [5.74, 6) is 0.853. The summed E-state index contributed by atoms with van der Waals surface area (Å²) >= 11 is 1.23. The number of aromatic nitrogens is 5. The second kappa shape index (κ2) is 11.4. The molecular formula is C20H25N7O5S. The van der Waals surface area contributed by atoms with E-state index in [-0.39, 0.29) is 17.3 Å². The third-order valence-electron chi connectivity index (χ3n) is 4.50. The summed E-state index contributed by atoms with van der Waals surface area (Å²) in [6, 6.07) is 5.65. The second-order valence-electron chi connectivity index (χ2n) is 6.73. The van der Waals surface area contributed by atoms with E-state index in [9.17, 15) is 14.9 Å². The molecule has 0 fully saturated rings. The Labute approximate surface area is 194 Å². The van der Waals surface area contributed by atoms with Gasteiger partial charge in [0.25, 0.3) is 5.69 Å². The average molecular weight is 476 g/mol. The monoisotopic (exact) mass is 475 g/mol. The first-order chi connectivity index (χ1) is 16.0. The minimum absolute atomic E-state index is 0.0426. The number of benzene rings is 1. The Bertz CT molecular complexity index is 1100. The summed E-state index contributed by atoms with van der Waals surface area (Å²) in [4.78, 5) is 22.7. The van der Waals surface area contributed by atoms with Crippen LogP contribution in [0.1, 0.15) is 13.8 Å². The largest absolute Gasteiger partial charge is 0.476 e. The van der Waals surface area contributed by atoms with Gasteiger partial charge in [0, 0.05) is 37.7 Å². The van der Waals surface area contributed by atoms with Crippen molar-refractivity contribution in [3.05, 3.63) is 40.6 Å². The maximum atomic E-state index is 12.4. The molecular weight excluding hydrogens is 450 g/mol. The first-order valence-electron chi connectivity index (χ1n) is 10.3. The number of non-ortho nitro benzene ring substituents is 1. The molecule has 1 aromatic carbocycles. The summed E-state index contributed by atoms with van der Waals surface area (Å²) in [5.41, 5.74) is 1.14. The van der Waals surface area contributed by atoms with Gasteiger partial charge in [-0.2, -0.15) is 0 Å². The number of ether oxygens (including phenoxy) is 2. The van der Waals surface area contributed by atoms with Crippen LogP contribution < -0.4 is 10.1 Å². The van der Waals surface area contributed by atoms with Crippen LogP contribution in [0, 0.1) is 10.1 Å². The molecule has 3 rings (SSSR count). The number of aryl methyl sites for hydroxylation is 1. The third kappa shape index (κ3) is 6.08. The molecule has 12 nitrogen and oxygen atoms in total. The van der Waals surface area contributed by atoms with Crippen molar-refractivity contribution < 1.29 is 19.2 Å². The van der Waals surface area contributed by atoms with Crippen molar-refractivity contribution in [2.75, 3.05) is 31.4 Å². The molecule has 2 heterocycles. The Kier molecular flexibility index (Phi) is 8.38. The number of thioether (sulfide) groups is 1. The van der Waals surface area contributed by atoms with Crippen LogP contribution in [0.4, 0.5) is 11.4 Å².